The molecule has 4 heteroatoms. The first-order valence-electron chi connectivity index (χ1n) is 7.26. The smallest absolute Gasteiger partial charge is 0.311 e. The van der Waals surface area contributed by atoms with E-state index in [1.165, 1.54) is 0 Å². The first kappa shape index (κ1) is 16.0. The Morgan fingerprint density at radius 3 is 2.41 bits per heavy atom. The van der Waals surface area contributed by atoms with Crippen molar-refractivity contribution >= 4 is 22.5 Å². The van der Waals surface area contributed by atoms with Gasteiger partial charge in [-0.3, -0.25) is 9.59 Å². The van der Waals surface area contributed by atoms with E-state index in [4.69, 9.17) is 4.74 Å². The number of carbonyl (C=O) groups excluding carboxylic acids is 2. The molecule has 0 fully saturated rings. The van der Waals surface area contributed by atoms with Crippen molar-refractivity contribution in [3.63, 3.8) is 0 Å². The van der Waals surface area contributed by atoms with Crippen LogP contribution in [0.5, 0.6) is 5.75 Å². The van der Waals surface area contributed by atoms with Gasteiger partial charge in [0.1, 0.15) is 5.75 Å². The first-order chi connectivity index (χ1) is 10.3. The summed E-state index contributed by atoms with van der Waals surface area (Å²) in [5.74, 6) is -0.424. The van der Waals surface area contributed by atoms with Crippen LogP contribution in [0.3, 0.4) is 0 Å². The Morgan fingerprint density at radius 2 is 1.73 bits per heavy atom. The molecule has 0 aromatic heterocycles. The second kappa shape index (κ2) is 6.18. The quantitative estimate of drug-likeness (QED) is 0.675. The van der Waals surface area contributed by atoms with Gasteiger partial charge in [0.05, 0.1) is 5.41 Å². The summed E-state index contributed by atoms with van der Waals surface area (Å²) in [6, 6.07) is 10.1. The van der Waals surface area contributed by atoms with E-state index in [2.05, 4.69) is 0 Å². The monoisotopic (exact) mass is 300 g/mol. The minimum Gasteiger partial charge on any atom is -0.508 e. The van der Waals surface area contributed by atoms with Gasteiger partial charge in [-0.25, -0.2) is 0 Å². The molecule has 0 spiro atoms. The van der Waals surface area contributed by atoms with Crippen molar-refractivity contribution in [2.24, 2.45) is 5.41 Å². The standard InChI is InChI=1S/C18H20O4/c1-4-18(2,3)17(21)22-11-16(20)14-6-5-13-10-15(19)8-7-12(13)9-14/h5-10,19H,4,11H2,1-3H3. The molecule has 0 aliphatic rings. The van der Waals surface area contributed by atoms with E-state index in [0.717, 1.165) is 10.8 Å². The Morgan fingerprint density at radius 1 is 1.09 bits per heavy atom. The number of ether oxygens (including phenoxy) is 1. The Balaban J connectivity index is 2.10. The third-order valence-electron chi connectivity index (χ3n) is 3.92. The van der Waals surface area contributed by atoms with E-state index in [9.17, 15) is 14.7 Å². The molecule has 0 saturated carbocycles. The Labute approximate surface area is 129 Å². The highest BCUT2D eigenvalue weighted by atomic mass is 16.5. The van der Waals surface area contributed by atoms with Crippen LogP contribution in [0, 0.1) is 5.41 Å². The van der Waals surface area contributed by atoms with Crippen LogP contribution in [-0.4, -0.2) is 23.5 Å². The van der Waals surface area contributed by atoms with Gasteiger partial charge >= 0.3 is 5.97 Å². The van der Waals surface area contributed by atoms with E-state index >= 15 is 0 Å². The maximum absolute atomic E-state index is 12.1. The number of rotatable bonds is 5. The molecule has 2 rings (SSSR count). The number of benzene rings is 2. The van der Waals surface area contributed by atoms with Crippen molar-refractivity contribution in [1.29, 1.82) is 0 Å². The van der Waals surface area contributed by atoms with Crippen LogP contribution >= 0.6 is 0 Å². The normalized spacial score (nSPS) is 11.4. The predicted octanol–water partition coefficient (Wildman–Crippen LogP) is 3.71. The number of esters is 1. The lowest BCUT2D eigenvalue weighted by Gasteiger charge is -2.19. The molecule has 2 aromatic rings. The minimum atomic E-state index is -0.582. The summed E-state index contributed by atoms with van der Waals surface area (Å²) in [4.78, 5) is 24.0. The molecule has 0 saturated heterocycles. The maximum atomic E-state index is 12.1. The molecule has 0 amide bonds. The van der Waals surface area contributed by atoms with Crippen LogP contribution in [-0.2, 0) is 9.53 Å². The third-order valence-corrected chi connectivity index (χ3v) is 3.92. The molecule has 4 nitrogen and oxygen atoms in total. The predicted molar refractivity (Wildman–Crippen MR) is 85.0 cm³/mol. The molecule has 0 unspecified atom stereocenters. The zero-order valence-electron chi connectivity index (χ0n) is 13.1. The van der Waals surface area contributed by atoms with Gasteiger partial charge in [0.25, 0.3) is 0 Å². The van der Waals surface area contributed by atoms with Crippen LogP contribution in [0.4, 0.5) is 0 Å². The number of Topliss-reactive ketones (excluding diaryl/α,β-unsaturated/α-hetero) is 1. The largest absolute Gasteiger partial charge is 0.508 e. The van der Waals surface area contributed by atoms with Gasteiger partial charge in [0, 0.05) is 5.56 Å². The van der Waals surface area contributed by atoms with Gasteiger partial charge in [0.15, 0.2) is 12.4 Å². The number of carbonyl (C=O) groups is 2. The Kier molecular flexibility index (Phi) is 4.50. The summed E-state index contributed by atoms with van der Waals surface area (Å²) in [6.45, 7) is 5.23. The second-order valence-corrected chi connectivity index (χ2v) is 5.98. The summed E-state index contributed by atoms with van der Waals surface area (Å²) in [6.07, 6.45) is 0.652. The zero-order valence-corrected chi connectivity index (χ0v) is 13.1. The van der Waals surface area contributed by atoms with E-state index in [-0.39, 0.29) is 24.1 Å². The van der Waals surface area contributed by atoms with Gasteiger partial charge in [-0.2, -0.15) is 0 Å². The van der Waals surface area contributed by atoms with Gasteiger partial charge in [0.2, 0.25) is 0 Å². The average Bonchev–Trinajstić information content (AvgIpc) is 2.51. The molecular formula is C18H20O4. The van der Waals surface area contributed by atoms with E-state index in [0.29, 0.717) is 12.0 Å². The molecular weight excluding hydrogens is 280 g/mol. The van der Waals surface area contributed by atoms with E-state index in [1.54, 1.807) is 50.2 Å². The van der Waals surface area contributed by atoms with Crippen molar-refractivity contribution in [1.82, 2.24) is 0 Å². The van der Waals surface area contributed by atoms with Gasteiger partial charge in [-0.1, -0.05) is 25.1 Å². The van der Waals surface area contributed by atoms with Crippen molar-refractivity contribution in [2.75, 3.05) is 6.61 Å². The van der Waals surface area contributed by atoms with Crippen molar-refractivity contribution in [2.45, 2.75) is 27.2 Å². The summed E-state index contributed by atoms with van der Waals surface area (Å²) < 4.78 is 5.12. The summed E-state index contributed by atoms with van der Waals surface area (Å²) in [5, 5.41) is 11.1. The average molecular weight is 300 g/mol. The first-order valence-corrected chi connectivity index (χ1v) is 7.26. The topological polar surface area (TPSA) is 63.6 Å². The third kappa shape index (κ3) is 3.45. The summed E-state index contributed by atoms with van der Waals surface area (Å²) in [5.41, 5.74) is -0.0958. The number of hydrogen-bond acceptors (Lipinski definition) is 4. The number of hydrogen-bond donors (Lipinski definition) is 1. The molecule has 2 aromatic carbocycles. The van der Waals surface area contributed by atoms with Crippen LogP contribution in [0.1, 0.15) is 37.6 Å². The summed E-state index contributed by atoms with van der Waals surface area (Å²) in [7, 11) is 0. The molecule has 22 heavy (non-hydrogen) atoms. The number of fused-ring (bicyclic) bond motifs is 1. The highest BCUT2D eigenvalue weighted by Crippen LogP contribution is 2.23. The van der Waals surface area contributed by atoms with E-state index < -0.39 is 5.41 Å². The highest BCUT2D eigenvalue weighted by Gasteiger charge is 2.27. The zero-order chi connectivity index (χ0) is 16.3. The molecule has 0 radical (unpaired) electrons. The fraction of sp³-hybridized carbons (Fsp3) is 0.333. The van der Waals surface area contributed by atoms with Crippen LogP contribution in [0.2, 0.25) is 0 Å². The molecule has 1 N–H and O–H groups in total. The molecule has 0 aliphatic carbocycles. The number of phenols is 1. The van der Waals surface area contributed by atoms with Gasteiger partial charge in [-0.15, -0.1) is 0 Å². The minimum absolute atomic E-state index is 0.183. The van der Waals surface area contributed by atoms with Gasteiger partial charge < -0.3 is 9.84 Å². The fourth-order valence-electron chi connectivity index (χ4n) is 1.96. The summed E-state index contributed by atoms with van der Waals surface area (Å²) >= 11 is 0. The number of ketones is 1. The molecule has 0 atom stereocenters. The fourth-order valence-corrected chi connectivity index (χ4v) is 1.96. The van der Waals surface area contributed by atoms with Crippen LogP contribution in [0.15, 0.2) is 36.4 Å². The SMILES string of the molecule is CCC(C)(C)C(=O)OCC(=O)c1ccc2cc(O)ccc2c1. The molecule has 0 heterocycles. The lowest BCUT2D eigenvalue weighted by Crippen LogP contribution is -2.27. The Bertz CT molecular complexity index is 716. The Hall–Kier alpha value is -2.36. The van der Waals surface area contributed by atoms with Crippen LogP contribution in [0.25, 0.3) is 10.8 Å². The van der Waals surface area contributed by atoms with E-state index in [1.807, 2.05) is 6.92 Å². The highest BCUT2D eigenvalue weighted by molar-refractivity contribution is 6.01. The van der Waals surface area contributed by atoms with Crippen LogP contribution < -0.4 is 0 Å². The molecule has 0 bridgehead atoms. The number of phenolic OH excluding ortho intramolecular Hbond substituents is 1. The maximum Gasteiger partial charge on any atom is 0.311 e. The van der Waals surface area contributed by atoms with Crippen molar-refractivity contribution < 1.29 is 19.4 Å². The molecule has 116 valence electrons. The van der Waals surface area contributed by atoms with Crippen molar-refractivity contribution in [3.05, 3.63) is 42.0 Å². The lowest BCUT2D eigenvalue weighted by atomic mass is 9.91. The number of aromatic hydroxyl groups is 1. The lowest BCUT2D eigenvalue weighted by molar-refractivity contribution is -0.152. The second-order valence-electron chi connectivity index (χ2n) is 5.98. The van der Waals surface area contributed by atoms with Crippen molar-refractivity contribution in [3.8, 4) is 5.75 Å². The molecule has 0 aliphatic heterocycles. The van der Waals surface area contributed by atoms with Gasteiger partial charge in [-0.05, 0) is 49.2 Å².